The van der Waals surface area contributed by atoms with Gasteiger partial charge in [-0.3, -0.25) is 0 Å². The summed E-state index contributed by atoms with van der Waals surface area (Å²) < 4.78 is 5.59. The van der Waals surface area contributed by atoms with E-state index in [1.165, 1.54) is 50.5 Å². The maximum Gasteiger partial charge on any atom is 0.123 e. The molecule has 1 aromatic rings. The Morgan fingerprint density at radius 2 is 1.81 bits per heavy atom. The second-order valence-electron chi connectivity index (χ2n) is 6.89. The molecular formula is C19H29NO. The molecule has 2 aliphatic carbocycles. The Labute approximate surface area is 129 Å². The van der Waals surface area contributed by atoms with Gasteiger partial charge in [-0.25, -0.2) is 0 Å². The molecule has 0 aromatic heterocycles. The molecule has 2 saturated carbocycles. The van der Waals surface area contributed by atoms with Crippen LogP contribution in [0, 0.1) is 17.8 Å². The lowest BCUT2D eigenvalue weighted by molar-refractivity contribution is 0.110. The summed E-state index contributed by atoms with van der Waals surface area (Å²) in [6.45, 7) is 0. The number of nitrogens with one attached hydrogen (secondary N) is 1. The van der Waals surface area contributed by atoms with Gasteiger partial charge in [-0.05, 0) is 50.1 Å². The van der Waals surface area contributed by atoms with Crippen molar-refractivity contribution >= 4 is 0 Å². The molecule has 21 heavy (non-hydrogen) atoms. The fourth-order valence-electron chi connectivity index (χ4n) is 4.78. The van der Waals surface area contributed by atoms with Gasteiger partial charge >= 0.3 is 0 Å². The molecule has 2 heteroatoms. The zero-order valence-electron chi connectivity index (χ0n) is 13.5. The fraction of sp³-hybridized carbons (Fsp3) is 0.684. The van der Waals surface area contributed by atoms with Gasteiger partial charge in [-0.15, -0.1) is 0 Å². The molecule has 3 rings (SSSR count). The summed E-state index contributed by atoms with van der Waals surface area (Å²) in [7, 11) is 3.88. The number of rotatable bonds is 4. The lowest BCUT2D eigenvalue weighted by Crippen LogP contribution is -2.34. The molecule has 0 amide bonds. The molecule has 0 spiro atoms. The van der Waals surface area contributed by atoms with E-state index < -0.39 is 0 Å². The molecule has 0 saturated heterocycles. The molecule has 0 radical (unpaired) electrons. The van der Waals surface area contributed by atoms with Crippen molar-refractivity contribution in [3.8, 4) is 5.75 Å². The summed E-state index contributed by atoms with van der Waals surface area (Å²) in [5.74, 6) is 3.78. The van der Waals surface area contributed by atoms with Crippen LogP contribution in [0.1, 0.15) is 56.6 Å². The Hall–Kier alpha value is -1.02. The van der Waals surface area contributed by atoms with E-state index in [-0.39, 0.29) is 0 Å². The summed E-state index contributed by atoms with van der Waals surface area (Å²) in [6, 6.07) is 8.95. The minimum atomic E-state index is 0.434. The van der Waals surface area contributed by atoms with Crippen LogP contribution in [0.2, 0.25) is 0 Å². The first-order valence-corrected chi connectivity index (χ1v) is 8.63. The van der Waals surface area contributed by atoms with Gasteiger partial charge in [-0.1, -0.05) is 43.9 Å². The first-order chi connectivity index (χ1) is 10.3. The van der Waals surface area contributed by atoms with Crippen LogP contribution >= 0.6 is 0 Å². The molecular weight excluding hydrogens is 258 g/mol. The minimum absolute atomic E-state index is 0.434. The molecule has 0 bridgehead atoms. The Morgan fingerprint density at radius 3 is 2.57 bits per heavy atom. The van der Waals surface area contributed by atoms with Gasteiger partial charge < -0.3 is 10.1 Å². The van der Waals surface area contributed by atoms with E-state index in [4.69, 9.17) is 4.74 Å². The van der Waals surface area contributed by atoms with Crippen LogP contribution in [-0.2, 0) is 0 Å². The van der Waals surface area contributed by atoms with Crippen LogP contribution in [0.4, 0.5) is 0 Å². The smallest absolute Gasteiger partial charge is 0.123 e. The number of fused-ring (bicyclic) bond motifs is 1. The van der Waals surface area contributed by atoms with E-state index in [2.05, 4.69) is 36.6 Å². The molecule has 2 nitrogen and oxygen atoms in total. The van der Waals surface area contributed by atoms with E-state index in [0.29, 0.717) is 6.04 Å². The van der Waals surface area contributed by atoms with Crippen molar-refractivity contribution in [2.45, 2.75) is 51.0 Å². The molecule has 0 aliphatic heterocycles. The highest BCUT2D eigenvalue weighted by Gasteiger charge is 2.36. The average Bonchev–Trinajstić information content (AvgIpc) is 2.56. The summed E-state index contributed by atoms with van der Waals surface area (Å²) in [4.78, 5) is 0. The molecule has 0 heterocycles. The predicted octanol–water partition coefficient (Wildman–Crippen LogP) is 4.56. The molecule has 2 aliphatic rings. The minimum Gasteiger partial charge on any atom is -0.496 e. The quantitative estimate of drug-likeness (QED) is 0.876. The number of hydrogen-bond donors (Lipinski definition) is 1. The predicted molar refractivity (Wildman–Crippen MR) is 87.6 cm³/mol. The van der Waals surface area contributed by atoms with Crippen LogP contribution in [0.5, 0.6) is 5.75 Å². The maximum atomic E-state index is 5.59. The van der Waals surface area contributed by atoms with Crippen LogP contribution in [0.15, 0.2) is 24.3 Å². The van der Waals surface area contributed by atoms with Crippen molar-refractivity contribution in [3.05, 3.63) is 29.8 Å². The normalized spacial score (nSPS) is 30.5. The van der Waals surface area contributed by atoms with Crippen molar-refractivity contribution in [2.75, 3.05) is 14.2 Å². The van der Waals surface area contributed by atoms with Gasteiger partial charge in [-0.2, -0.15) is 0 Å². The standard InChI is InChI=1S/C19H29NO/c1-20-19(17-9-5-6-10-18(17)21-2)16-12-11-14-7-3-4-8-15(14)13-16/h5-6,9-10,14-16,19-20H,3-4,7-8,11-13H2,1-2H3. The summed E-state index contributed by atoms with van der Waals surface area (Å²) in [5, 5.41) is 3.58. The zero-order valence-corrected chi connectivity index (χ0v) is 13.5. The Bertz CT molecular complexity index is 459. The monoisotopic (exact) mass is 287 g/mol. The van der Waals surface area contributed by atoms with Gasteiger partial charge in [0.15, 0.2) is 0 Å². The van der Waals surface area contributed by atoms with Crippen molar-refractivity contribution in [1.82, 2.24) is 5.32 Å². The fourth-order valence-corrected chi connectivity index (χ4v) is 4.78. The zero-order chi connectivity index (χ0) is 14.7. The Balaban J connectivity index is 1.77. The highest BCUT2D eigenvalue weighted by atomic mass is 16.5. The topological polar surface area (TPSA) is 21.3 Å². The molecule has 2 fully saturated rings. The Morgan fingerprint density at radius 1 is 1.05 bits per heavy atom. The third-order valence-electron chi connectivity index (χ3n) is 5.84. The number of para-hydroxylation sites is 1. The Kier molecular flexibility index (Phi) is 4.84. The maximum absolute atomic E-state index is 5.59. The van der Waals surface area contributed by atoms with Crippen LogP contribution in [0.3, 0.4) is 0 Å². The van der Waals surface area contributed by atoms with E-state index in [0.717, 1.165) is 23.5 Å². The van der Waals surface area contributed by atoms with E-state index in [9.17, 15) is 0 Å². The molecule has 4 atom stereocenters. The molecule has 116 valence electrons. The first-order valence-electron chi connectivity index (χ1n) is 8.63. The highest BCUT2D eigenvalue weighted by Crippen LogP contribution is 2.46. The van der Waals surface area contributed by atoms with Crippen molar-refractivity contribution in [1.29, 1.82) is 0 Å². The molecule has 4 unspecified atom stereocenters. The lowest BCUT2D eigenvalue weighted by atomic mass is 9.65. The van der Waals surface area contributed by atoms with Gasteiger partial charge in [0.2, 0.25) is 0 Å². The highest BCUT2D eigenvalue weighted by molar-refractivity contribution is 5.36. The summed E-state index contributed by atoms with van der Waals surface area (Å²) in [5.41, 5.74) is 1.33. The largest absolute Gasteiger partial charge is 0.496 e. The third-order valence-corrected chi connectivity index (χ3v) is 5.84. The molecule has 1 aromatic carbocycles. The number of methoxy groups -OCH3 is 1. The lowest BCUT2D eigenvalue weighted by Gasteiger charge is -2.42. The van der Waals surface area contributed by atoms with E-state index in [1.54, 1.807) is 7.11 Å². The average molecular weight is 287 g/mol. The molecule has 1 N–H and O–H groups in total. The van der Waals surface area contributed by atoms with Crippen LogP contribution < -0.4 is 10.1 Å². The first kappa shape index (κ1) is 14.9. The van der Waals surface area contributed by atoms with Gasteiger partial charge in [0.1, 0.15) is 5.75 Å². The van der Waals surface area contributed by atoms with Crippen LogP contribution in [0.25, 0.3) is 0 Å². The van der Waals surface area contributed by atoms with E-state index >= 15 is 0 Å². The van der Waals surface area contributed by atoms with Crippen molar-refractivity contribution in [2.24, 2.45) is 17.8 Å². The van der Waals surface area contributed by atoms with Crippen molar-refractivity contribution < 1.29 is 4.74 Å². The number of ether oxygens (including phenoxy) is 1. The summed E-state index contributed by atoms with van der Waals surface area (Å²) >= 11 is 0. The van der Waals surface area contributed by atoms with Gasteiger partial charge in [0, 0.05) is 11.6 Å². The van der Waals surface area contributed by atoms with Gasteiger partial charge in [0.25, 0.3) is 0 Å². The third kappa shape index (κ3) is 3.11. The number of benzene rings is 1. The summed E-state index contributed by atoms with van der Waals surface area (Å²) in [6.07, 6.45) is 10.1. The SMILES string of the molecule is CNC(c1ccccc1OC)C1CCC2CCCCC2C1. The van der Waals surface area contributed by atoms with Crippen LogP contribution in [-0.4, -0.2) is 14.2 Å². The van der Waals surface area contributed by atoms with Crippen molar-refractivity contribution in [3.63, 3.8) is 0 Å². The van der Waals surface area contributed by atoms with E-state index in [1.807, 2.05) is 0 Å². The number of hydrogen-bond acceptors (Lipinski definition) is 2. The second-order valence-corrected chi connectivity index (χ2v) is 6.89. The van der Waals surface area contributed by atoms with Gasteiger partial charge in [0.05, 0.1) is 7.11 Å². The second kappa shape index (κ2) is 6.83.